The summed E-state index contributed by atoms with van der Waals surface area (Å²) in [6.45, 7) is 7.92. The van der Waals surface area contributed by atoms with Crippen molar-refractivity contribution in [3.63, 3.8) is 0 Å². The number of carbonyl (C=O) groups is 1. The molecule has 0 unspecified atom stereocenters. The molecule has 0 saturated heterocycles. The highest BCUT2D eigenvalue weighted by molar-refractivity contribution is 14.1. The lowest BCUT2D eigenvalue weighted by atomic mass is 10.2. The summed E-state index contributed by atoms with van der Waals surface area (Å²) in [5, 5.41) is 0. The van der Waals surface area contributed by atoms with Gasteiger partial charge in [0.2, 0.25) is 0 Å². The van der Waals surface area contributed by atoms with Gasteiger partial charge in [0, 0.05) is 6.61 Å². The Kier molecular flexibility index (Phi) is 12.9. The highest BCUT2D eigenvalue weighted by Crippen LogP contribution is 2.08. The first-order valence-corrected chi connectivity index (χ1v) is 8.91. The first-order chi connectivity index (χ1) is 9.45. The maximum Gasteiger partial charge on any atom is 0.308 e. The minimum Gasteiger partial charge on any atom is -0.460 e. The van der Waals surface area contributed by atoms with E-state index in [2.05, 4.69) is 22.6 Å². The summed E-state index contributed by atoms with van der Waals surface area (Å²) in [4.78, 5) is 11.4. The Hall–Kier alpha value is 0.120. The largest absolute Gasteiger partial charge is 0.460 e. The second-order valence-corrected chi connectivity index (χ2v) is 6.74. The predicted octanol–water partition coefficient (Wildman–Crippen LogP) is 3.75. The van der Waals surface area contributed by atoms with E-state index in [1.807, 2.05) is 20.8 Å². The predicted molar refractivity (Wildman–Crippen MR) is 89.5 cm³/mol. The van der Waals surface area contributed by atoms with Gasteiger partial charge >= 0.3 is 5.97 Å². The van der Waals surface area contributed by atoms with Crippen LogP contribution in [0.1, 0.15) is 52.9 Å². The molecule has 0 saturated carbocycles. The van der Waals surface area contributed by atoms with E-state index in [4.69, 9.17) is 14.2 Å². The number of halogens is 1. The van der Waals surface area contributed by atoms with Crippen molar-refractivity contribution in [1.29, 1.82) is 0 Å². The van der Waals surface area contributed by atoms with Crippen molar-refractivity contribution in [2.75, 3.05) is 30.9 Å². The minimum atomic E-state index is -0.419. The molecular weight excluding hydrogens is 371 g/mol. The molecule has 0 N–H and O–H groups in total. The Morgan fingerprint density at radius 3 is 2.10 bits per heavy atom. The van der Waals surface area contributed by atoms with Crippen LogP contribution in [0.2, 0.25) is 0 Å². The molecule has 0 aliphatic carbocycles. The molecule has 0 spiro atoms. The van der Waals surface area contributed by atoms with Gasteiger partial charge in [-0.3, -0.25) is 4.79 Å². The third kappa shape index (κ3) is 16.2. The van der Waals surface area contributed by atoms with Crippen molar-refractivity contribution in [3.8, 4) is 0 Å². The summed E-state index contributed by atoms with van der Waals surface area (Å²) < 4.78 is 17.2. The Balaban J connectivity index is 3.19. The Labute approximate surface area is 137 Å². The molecule has 0 bridgehead atoms. The van der Waals surface area contributed by atoms with E-state index >= 15 is 0 Å². The lowest BCUT2D eigenvalue weighted by molar-refractivity contribution is -0.156. The molecule has 0 aliphatic heterocycles. The van der Waals surface area contributed by atoms with Gasteiger partial charge in [-0.1, -0.05) is 35.4 Å². The molecule has 0 aromatic carbocycles. The van der Waals surface area contributed by atoms with Gasteiger partial charge in [0.05, 0.1) is 26.2 Å². The summed E-state index contributed by atoms with van der Waals surface area (Å²) >= 11 is 2.41. The molecular formula is C15H29IO4. The van der Waals surface area contributed by atoms with Gasteiger partial charge in [-0.05, 0) is 38.0 Å². The minimum absolute atomic E-state index is 0.214. The first kappa shape index (κ1) is 20.1. The lowest BCUT2D eigenvalue weighted by Gasteiger charge is -2.19. The second kappa shape index (κ2) is 12.8. The SMILES string of the molecule is CC(C)(C)OC(=O)CCOCCOCCCCCCI. The summed E-state index contributed by atoms with van der Waals surface area (Å²) in [7, 11) is 0. The third-order valence-corrected chi connectivity index (χ3v) is 3.18. The number of hydrogen-bond donors (Lipinski definition) is 0. The zero-order valence-corrected chi connectivity index (χ0v) is 15.2. The first-order valence-electron chi connectivity index (χ1n) is 7.39. The number of esters is 1. The normalized spacial score (nSPS) is 11.6. The van der Waals surface area contributed by atoms with Crippen molar-refractivity contribution in [1.82, 2.24) is 0 Å². The highest BCUT2D eigenvalue weighted by Gasteiger charge is 2.15. The van der Waals surface area contributed by atoms with Crippen LogP contribution >= 0.6 is 22.6 Å². The fraction of sp³-hybridized carbons (Fsp3) is 0.933. The fourth-order valence-electron chi connectivity index (χ4n) is 1.52. The summed E-state index contributed by atoms with van der Waals surface area (Å²) in [6, 6.07) is 0. The van der Waals surface area contributed by atoms with E-state index in [0.29, 0.717) is 26.2 Å². The summed E-state index contributed by atoms with van der Waals surface area (Å²) in [5.74, 6) is -0.214. The zero-order valence-electron chi connectivity index (χ0n) is 13.1. The van der Waals surface area contributed by atoms with Crippen molar-refractivity contribution in [2.45, 2.75) is 58.5 Å². The van der Waals surface area contributed by atoms with Gasteiger partial charge in [0.1, 0.15) is 5.60 Å². The topological polar surface area (TPSA) is 44.8 Å². The van der Waals surface area contributed by atoms with Gasteiger partial charge < -0.3 is 14.2 Å². The van der Waals surface area contributed by atoms with E-state index < -0.39 is 5.60 Å². The van der Waals surface area contributed by atoms with Crippen LogP contribution in [-0.2, 0) is 19.0 Å². The number of carbonyl (C=O) groups excluding carboxylic acids is 1. The molecule has 0 fully saturated rings. The number of hydrogen-bond acceptors (Lipinski definition) is 4. The second-order valence-electron chi connectivity index (χ2n) is 5.66. The van der Waals surface area contributed by atoms with Gasteiger partial charge in [0.15, 0.2) is 0 Å². The summed E-state index contributed by atoms with van der Waals surface area (Å²) in [6.07, 6.45) is 5.25. The molecule has 0 rings (SSSR count). The molecule has 0 aromatic rings. The Morgan fingerprint density at radius 2 is 1.50 bits per heavy atom. The van der Waals surface area contributed by atoms with Gasteiger partial charge in [-0.2, -0.15) is 0 Å². The molecule has 0 heterocycles. The van der Waals surface area contributed by atoms with Crippen LogP contribution in [-0.4, -0.2) is 42.4 Å². The monoisotopic (exact) mass is 400 g/mol. The Bertz CT molecular complexity index is 239. The van der Waals surface area contributed by atoms with Crippen LogP contribution in [0.5, 0.6) is 0 Å². The van der Waals surface area contributed by atoms with Gasteiger partial charge in [-0.25, -0.2) is 0 Å². The lowest BCUT2D eigenvalue weighted by Crippen LogP contribution is -2.24. The molecule has 120 valence electrons. The smallest absolute Gasteiger partial charge is 0.308 e. The van der Waals surface area contributed by atoms with E-state index in [9.17, 15) is 4.79 Å². The van der Waals surface area contributed by atoms with Crippen molar-refractivity contribution < 1.29 is 19.0 Å². The van der Waals surface area contributed by atoms with Crippen LogP contribution in [0, 0.1) is 0 Å². The highest BCUT2D eigenvalue weighted by atomic mass is 127. The molecule has 0 radical (unpaired) electrons. The number of alkyl halides is 1. The van der Waals surface area contributed by atoms with Crippen molar-refractivity contribution in [2.24, 2.45) is 0 Å². The molecule has 0 amide bonds. The average molecular weight is 400 g/mol. The average Bonchev–Trinajstić information content (AvgIpc) is 2.34. The van der Waals surface area contributed by atoms with Crippen LogP contribution in [0.4, 0.5) is 0 Å². The van der Waals surface area contributed by atoms with Crippen molar-refractivity contribution >= 4 is 28.6 Å². The van der Waals surface area contributed by atoms with Crippen molar-refractivity contribution in [3.05, 3.63) is 0 Å². The molecule has 4 nitrogen and oxygen atoms in total. The molecule has 20 heavy (non-hydrogen) atoms. The third-order valence-electron chi connectivity index (χ3n) is 2.41. The maximum atomic E-state index is 11.4. The fourth-order valence-corrected chi connectivity index (χ4v) is 2.06. The zero-order chi connectivity index (χ0) is 15.3. The van der Waals surface area contributed by atoms with E-state index in [-0.39, 0.29) is 5.97 Å². The summed E-state index contributed by atoms with van der Waals surface area (Å²) in [5.41, 5.74) is -0.419. The maximum absolute atomic E-state index is 11.4. The molecule has 0 atom stereocenters. The number of ether oxygens (including phenoxy) is 3. The quantitative estimate of drug-likeness (QED) is 0.217. The van der Waals surface area contributed by atoms with Crippen LogP contribution in [0.15, 0.2) is 0 Å². The Morgan fingerprint density at radius 1 is 0.900 bits per heavy atom. The van der Waals surface area contributed by atoms with E-state index in [1.54, 1.807) is 0 Å². The van der Waals surface area contributed by atoms with Crippen LogP contribution in [0.25, 0.3) is 0 Å². The van der Waals surface area contributed by atoms with E-state index in [0.717, 1.165) is 13.0 Å². The van der Waals surface area contributed by atoms with Crippen LogP contribution in [0.3, 0.4) is 0 Å². The number of unbranched alkanes of at least 4 members (excludes halogenated alkanes) is 3. The molecule has 0 aliphatic rings. The van der Waals surface area contributed by atoms with E-state index in [1.165, 1.54) is 23.7 Å². The number of rotatable bonds is 12. The molecule has 5 heteroatoms. The standard InChI is InChI=1S/C15H29IO4/c1-15(2,3)20-14(17)8-11-19-13-12-18-10-7-5-4-6-9-16/h4-13H2,1-3H3. The van der Waals surface area contributed by atoms with Gasteiger partial charge in [0.25, 0.3) is 0 Å². The van der Waals surface area contributed by atoms with Gasteiger partial charge in [-0.15, -0.1) is 0 Å². The molecule has 0 aromatic heterocycles. The van der Waals surface area contributed by atoms with Crippen LogP contribution < -0.4 is 0 Å².